The number of halogens is 2. The Morgan fingerprint density at radius 3 is 2.55 bits per heavy atom. The Kier molecular flexibility index (Phi) is 4.78. The minimum absolute atomic E-state index is 0.0888. The van der Waals surface area contributed by atoms with Gasteiger partial charge in [0.15, 0.2) is 0 Å². The summed E-state index contributed by atoms with van der Waals surface area (Å²) in [5.74, 6) is 0.424. The summed E-state index contributed by atoms with van der Waals surface area (Å²) in [5.41, 5.74) is 7.45. The van der Waals surface area contributed by atoms with Gasteiger partial charge in [0.1, 0.15) is 11.6 Å². The topological polar surface area (TPSA) is 35.2 Å². The average molecular weight is 338 g/mol. The fraction of sp³-hybridized carbons (Fsp3) is 0.250. The number of hydrogen-bond donors (Lipinski definition) is 1. The molecule has 4 heteroatoms. The molecule has 0 aliphatic carbocycles. The van der Waals surface area contributed by atoms with Gasteiger partial charge in [-0.15, -0.1) is 0 Å². The van der Waals surface area contributed by atoms with Gasteiger partial charge in [0.2, 0.25) is 0 Å². The van der Waals surface area contributed by atoms with Gasteiger partial charge < -0.3 is 10.5 Å². The predicted octanol–water partition coefficient (Wildman–Crippen LogP) is 4.42. The second-order valence-corrected chi connectivity index (χ2v) is 5.80. The first-order valence-corrected chi connectivity index (χ1v) is 7.24. The molecule has 0 radical (unpaired) electrons. The van der Waals surface area contributed by atoms with Crippen LogP contribution in [0.15, 0.2) is 46.9 Å². The van der Waals surface area contributed by atoms with Gasteiger partial charge in [-0.05, 0) is 43.7 Å². The molecule has 2 aromatic carbocycles. The zero-order chi connectivity index (χ0) is 14.7. The largest absolute Gasteiger partial charge is 0.491 e. The van der Waals surface area contributed by atoms with E-state index in [0.29, 0.717) is 10.0 Å². The van der Waals surface area contributed by atoms with E-state index < -0.39 is 6.04 Å². The first kappa shape index (κ1) is 15.0. The predicted molar refractivity (Wildman–Crippen MR) is 82.3 cm³/mol. The summed E-state index contributed by atoms with van der Waals surface area (Å²) < 4.78 is 20.3. The van der Waals surface area contributed by atoms with E-state index in [1.54, 1.807) is 12.1 Å². The Morgan fingerprint density at radius 1 is 1.15 bits per heavy atom. The summed E-state index contributed by atoms with van der Waals surface area (Å²) in [6.07, 6.45) is 0.0888. The molecule has 0 saturated heterocycles. The summed E-state index contributed by atoms with van der Waals surface area (Å²) in [4.78, 5) is 0. The van der Waals surface area contributed by atoms with E-state index in [0.717, 1.165) is 11.3 Å². The van der Waals surface area contributed by atoms with E-state index in [-0.39, 0.29) is 11.9 Å². The van der Waals surface area contributed by atoms with Crippen molar-refractivity contribution in [3.8, 4) is 5.75 Å². The van der Waals surface area contributed by atoms with Crippen molar-refractivity contribution in [1.29, 1.82) is 0 Å². The van der Waals surface area contributed by atoms with Crippen molar-refractivity contribution in [3.63, 3.8) is 0 Å². The van der Waals surface area contributed by atoms with Gasteiger partial charge in [-0.1, -0.05) is 34.1 Å². The Hall–Kier alpha value is -1.39. The molecule has 106 valence electrons. The molecule has 0 heterocycles. The van der Waals surface area contributed by atoms with Crippen LogP contribution in [-0.4, -0.2) is 6.10 Å². The van der Waals surface area contributed by atoms with Crippen molar-refractivity contribution >= 4 is 15.9 Å². The van der Waals surface area contributed by atoms with Crippen molar-refractivity contribution in [2.75, 3.05) is 0 Å². The fourth-order valence-corrected chi connectivity index (χ4v) is 2.32. The maximum atomic E-state index is 14.0. The molecule has 2 aromatic rings. The van der Waals surface area contributed by atoms with Crippen LogP contribution in [0, 0.1) is 5.82 Å². The molecule has 2 rings (SSSR count). The highest BCUT2D eigenvalue weighted by molar-refractivity contribution is 9.10. The Balaban J connectivity index is 2.30. The second kappa shape index (κ2) is 6.37. The molecule has 20 heavy (non-hydrogen) atoms. The van der Waals surface area contributed by atoms with Crippen LogP contribution in [0.5, 0.6) is 5.75 Å². The van der Waals surface area contributed by atoms with Crippen LogP contribution in [-0.2, 0) is 0 Å². The summed E-state index contributed by atoms with van der Waals surface area (Å²) in [6.45, 7) is 3.92. The quantitative estimate of drug-likeness (QED) is 0.895. The van der Waals surface area contributed by atoms with Crippen LogP contribution < -0.4 is 10.5 Å². The van der Waals surface area contributed by atoms with Gasteiger partial charge >= 0.3 is 0 Å². The number of rotatable bonds is 4. The van der Waals surface area contributed by atoms with Gasteiger partial charge in [-0.3, -0.25) is 0 Å². The van der Waals surface area contributed by atoms with Crippen molar-refractivity contribution in [1.82, 2.24) is 0 Å². The molecule has 0 bridgehead atoms. The van der Waals surface area contributed by atoms with E-state index in [2.05, 4.69) is 15.9 Å². The molecular weight excluding hydrogens is 321 g/mol. The lowest BCUT2D eigenvalue weighted by molar-refractivity contribution is 0.242. The normalized spacial score (nSPS) is 12.5. The standard InChI is InChI=1S/C16H17BrFNO/c1-10(2)20-13-5-3-4-11(8-13)16(19)14-7-6-12(17)9-15(14)18/h3-10,16H,19H2,1-2H3. The van der Waals surface area contributed by atoms with E-state index in [4.69, 9.17) is 10.5 Å². The maximum absolute atomic E-state index is 14.0. The minimum atomic E-state index is -0.515. The van der Waals surface area contributed by atoms with Gasteiger partial charge in [0.05, 0.1) is 12.1 Å². The van der Waals surface area contributed by atoms with Crippen molar-refractivity contribution in [2.45, 2.75) is 26.0 Å². The van der Waals surface area contributed by atoms with Crippen molar-refractivity contribution < 1.29 is 9.13 Å². The molecular formula is C16H17BrFNO. The smallest absolute Gasteiger partial charge is 0.129 e. The van der Waals surface area contributed by atoms with Gasteiger partial charge in [0.25, 0.3) is 0 Å². The van der Waals surface area contributed by atoms with Crippen LogP contribution in [0.3, 0.4) is 0 Å². The second-order valence-electron chi connectivity index (χ2n) is 4.88. The van der Waals surface area contributed by atoms with Crippen LogP contribution in [0.4, 0.5) is 4.39 Å². The van der Waals surface area contributed by atoms with Crippen molar-refractivity contribution in [3.05, 3.63) is 63.9 Å². The number of nitrogens with two attached hydrogens (primary N) is 1. The Labute approximate surface area is 126 Å². The van der Waals surface area contributed by atoms with E-state index >= 15 is 0 Å². The summed E-state index contributed by atoms with van der Waals surface area (Å²) in [7, 11) is 0. The van der Waals surface area contributed by atoms with Gasteiger partial charge in [-0.2, -0.15) is 0 Å². The summed E-state index contributed by atoms with van der Waals surface area (Å²) in [5, 5.41) is 0. The third kappa shape index (κ3) is 3.58. The molecule has 2 N–H and O–H groups in total. The number of ether oxygens (including phenoxy) is 1. The monoisotopic (exact) mass is 337 g/mol. The highest BCUT2D eigenvalue weighted by Crippen LogP contribution is 2.27. The van der Waals surface area contributed by atoms with Crippen LogP contribution in [0.2, 0.25) is 0 Å². The Bertz CT molecular complexity index is 601. The zero-order valence-electron chi connectivity index (χ0n) is 11.4. The number of benzene rings is 2. The third-order valence-electron chi connectivity index (χ3n) is 2.89. The van der Waals surface area contributed by atoms with Crippen LogP contribution in [0.1, 0.15) is 31.0 Å². The molecule has 0 aliphatic heterocycles. The van der Waals surface area contributed by atoms with E-state index in [1.807, 2.05) is 38.1 Å². The molecule has 0 spiro atoms. The van der Waals surface area contributed by atoms with E-state index in [1.165, 1.54) is 6.07 Å². The minimum Gasteiger partial charge on any atom is -0.491 e. The first-order chi connectivity index (χ1) is 9.47. The summed E-state index contributed by atoms with van der Waals surface area (Å²) in [6, 6.07) is 11.8. The molecule has 2 nitrogen and oxygen atoms in total. The lowest BCUT2D eigenvalue weighted by Gasteiger charge is -2.16. The van der Waals surface area contributed by atoms with E-state index in [9.17, 15) is 4.39 Å². The van der Waals surface area contributed by atoms with Gasteiger partial charge in [0, 0.05) is 10.0 Å². The fourth-order valence-electron chi connectivity index (χ4n) is 1.99. The van der Waals surface area contributed by atoms with Gasteiger partial charge in [-0.25, -0.2) is 4.39 Å². The third-order valence-corrected chi connectivity index (χ3v) is 3.38. The van der Waals surface area contributed by atoms with Crippen LogP contribution in [0.25, 0.3) is 0 Å². The summed E-state index contributed by atoms with van der Waals surface area (Å²) >= 11 is 3.24. The molecule has 0 amide bonds. The lowest BCUT2D eigenvalue weighted by atomic mass is 9.99. The SMILES string of the molecule is CC(C)Oc1cccc(C(N)c2ccc(Br)cc2F)c1. The van der Waals surface area contributed by atoms with Crippen molar-refractivity contribution in [2.24, 2.45) is 5.73 Å². The molecule has 1 atom stereocenters. The van der Waals surface area contributed by atoms with Crippen LogP contribution >= 0.6 is 15.9 Å². The molecule has 1 unspecified atom stereocenters. The highest BCUT2D eigenvalue weighted by Gasteiger charge is 2.14. The molecule has 0 saturated carbocycles. The zero-order valence-corrected chi connectivity index (χ0v) is 13.0. The number of hydrogen-bond acceptors (Lipinski definition) is 2. The molecule has 0 fully saturated rings. The lowest BCUT2D eigenvalue weighted by Crippen LogP contribution is -2.14. The first-order valence-electron chi connectivity index (χ1n) is 6.44. The molecule has 0 aliphatic rings. The average Bonchev–Trinajstić information content (AvgIpc) is 2.37. The Morgan fingerprint density at radius 2 is 1.90 bits per heavy atom. The maximum Gasteiger partial charge on any atom is 0.129 e. The molecule has 0 aromatic heterocycles. The highest BCUT2D eigenvalue weighted by atomic mass is 79.9.